The minimum Gasteiger partial charge on any atom is -0.345 e. The quantitative estimate of drug-likeness (QED) is 0.790. The molecule has 0 bridgehead atoms. The third-order valence-electron chi connectivity index (χ3n) is 6.49. The van der Waals surface area contributed by atoms with E-state index in [2.05, 4.69) is 29.4 Å². The number of nitrogens with one attached hydrogen (secondary N) is 1. The molecule has 2 atom stereocenters. The fourth-order valence-corrected chi connectivity index (χ4v) is 4.67. The molecule has 1 saturated heterocycles. The third kappa shape index (κ3) is 3.82. The van der Waals surface area contributed by atoms with Crippen LogP contribution in [0.25, 0.3) is 0 Å². The maximum absolute atomic E-state index is 13.0. The minimum atomic E-state index is -0.306. The number of amides is 2. The van der Waals surface area contributed by atoms with Crippen LogP contribution < -0.4 is 5.32 Å². The molecule has 1 fully saturated rings. The van der Waals surface area contributed by atoms with E-state index >= 15 is 0 Å². The molecule has 2 amide bonds. The molecule has 160 valence electrons. The number of nitrogens with zero attached hydrogens (tertiary/aromatic N) is 4. The van der Waals surface area contributed by atoms with Gasteiger partial charge < -0.3 is 14.8 Å². The van der Waals surface area contributed by atoms with Crippen LogP contribution in [0.3, 0.4) is 0 Å². The first kappa shape index (κ1) is 20.5. The summed E-state index contributed by atoms with van der Waals surface area (Å²) in [6, 6.07) is 6.03. The molecule has 2 aliphatic heterocycles. The van der Waals surface area contributed by atoms with Crippen LogP contribution in [0, 0.1) is 17.7 Å². The number of hydrogen-bond donors (Lipinski definition) is 1. The van der Waals surface area contributed by atoms with Crippen molar-refractivity contribution < 1.29 is 14.0 Å². The molecule has 1 aromatic carbocycles. The van der Waals surface area contributed by atoms with Crippen molar-refractivity contribution >= 4 is 11.8 Å². The highest BCUT2D eigenvalue weighted by Gasteiger charge is 2.43. The highest BCUT2D eigenvalue weighted by molar-refractivity contribution is 5.90. The first-order chi connectivity index (χ1) is 14.5. The van der Waals surface area contributed by atoms with Crippen molar-refractivity contribution in [2.45, 2.75) is 52.1 Å². The van der Waals surface area contributed by atoms with E-state index in [0.717, 1.165) is 37.2 Å². The monoisotopic (exact) mass is 413 g/mol. The number of aromatic nitrogens is 3. The van der Waals surface area contributed by atoms with Gasteiger partial charge in [-0.25, -0.2) is 4.39 Å². The molecule has 0 radical (unpaired) electrons. The molecule has 3 heterocycles. The van der Waals surface area contributed by atoms with Crippen LogP contribution in [0.4, 0.5) is 4.39 Å². The summed E-state index contributed by atoms with van der Waals surface area (Å²) >= 11 is 0. The predicted molar refractivity (Wildman–Crippen MR) is 109 cm³/mol. The maximum atomic E-state index is 13.0. The van der Waals surface area contributed by atoms with Crippen LogP contribution in [-0.4, -0.2) is 44.6 Å². The highest BCUT2D eigenvalue weighted by atomic mass is 19.1. The van der Waals surface area contributed by atoms with Crippen molar-refractivity contribution in [2.75, 3.05) is 13.1 Å². The highest BCUT2D eigenvalue weighted by Crippen LogP contribution is 2.39. The molecule has 2 unspecified atom stereocenters. The molecule has 4 rings (SSSR count). The van der Waals surface area contributed by atoms with Crippen molar-refractivity contribution in [3.05, 3.63) is 47.3 Å². The van der Waals surface area contributed by atoms with E-state index in [-0.39, 0.29) is 29.5 Å². The molecule has 1 N–H and O–H groups in total. The lowest BCUT2D eigenvalue weighted by atomic mass is 9.89. The van der Waals surface area contributed by atoms with Crippen molar-refractivity contribution in [1.82, 2.24) is 25.0 Å². The van der Waals surface area contributed by atoms with Gasteiger partial charge in [0.2, 0.25) is 11.7 Å². The van der Waals surface area contributed by atoms with Crippen LogP contribution in [0.2, 0.25) is 0 Å². The topological polar surface area (TPSA) is 80.1 Å². The van der Waals surface area contributed by atoms with E-state index in [1.54, 1.807) is 12.1 Å². The summed E-state index contributed by atoms with van der Waals surface area (Å²) in [5.41, 5.74) is 0.814. The number of carbonyl (C=O) groups is 2. The number of hydrogen-bond acceptors (Lipinski definition) is 4. The molecule has 30 heavy (non-hydrogen) atoms. The Morgan fingerprint density at radius 1 is 1.17 bits per heavy atom. The predicted octanol–water partition coefficient (Wildman–Crippen LogP) is 2.73. The molecule has 8 heteroatoms. The standard InChI is InChI=1S/C22H28FN5O2/c1-3-15(4-2)22(30)27-12-16-9-10-28-19(18(16)13-27)25-26-20(28)21(29)24-11-14-5-7-17(23)8-6-14/h5-8,15-16,18H,3-4,9-13H2,1-2H3,(H,24,29). The first-order valence-corrected chi connectivity index (χ1v) is 10.8. The minimum absolute atomic E-state index is 0.0795. The Hall–Kier alpha value is -2.77. The summed E-state index contributed by atoms with van der Waals surface area (Å²) in [7, 11) is 0. The molecule has 0 spiro atoms. The van der Waals surface area contributed by atoms with Gasteiger partial charge >= 0.3 is 0 Å². The summed E-state index contributed by atoms with van der Waals surface area (Å²) in [5.74, 6) is 1.32. The summed E-state index contributed by atoms with van der Waals surface area (Å²) in [6.07, 6.45) is 2.62. The largest absolute Gasteiger partial charge is 0.345 e. The SMILES string of the molecule is CCC(CC)C(=O)N1CC2CCn3c(C(=O)NCc4ccc(F)cc4)nnc3C2C1. The van der Waals surface area contributed by atoms with E-state index < -0.39 is 0 Å². The van der Waals surface area contributed by atoms with E-state index in [1.165, 1.54) is 12.1 Å². The fourth-order valence-electron chi connectivity index (χ4n) is 4.67. The molecule has 2 aromatic rings. The molecular weight excluding hydrogens is 385 g/mol. The summed E-state index contributed by atoms with van der Waals surface area (Å²) in [5, 5.41) is 11.3. The van der Waals surface area contributed by atoms with Crippen molar-refractivity contribution in [3.63, 3.8) is 0 Å². The van der Waals surface area contributed by atoms with Gasteiger partial charge in [-0.1, -0.05) is 26.0 Å². The number of rotatable bonds is 6. The molecule has 2 aliphatic rings. The Labute approximate surface area is 175 Å². The van der Waals surface area contributed by atoms with Crippen LogP contribution in [0.5, 0.6) is 0 Å². The smallest absolute Gasteiger partial charge is 0.289 e. The molecular formula is C22H28FN5O2. The summed E-state index contributed by atoms with van der Waals surface area (Å²) in [4.78, 5) is 27.5. The second-order valence-corrected chi connectivity index (χ2v) is 8.25. The van der Waals surface area contributed by atoms with Gasteiger partial charge in [-0.05, 0) is 42.9 Å². The Morgan fingerprint density at radius 2 is 1.90 bits per heavy atom. The number of fused-ring (bicyclic) bond motifs is 3. The van der Waals surface area contributed by atoms with Crippen molar-refractivity contribution in [2.24, 2.45) is 11.8 Å². The maximum Gasteiger partial charge on any atom is 0.289 e. The van der Waals surface area contributed by atoms with Gasteiger partial charge in [0.1, 0.15) is 11.6 Å². The summed E-state index contributed by atoms with van der Waals surface area (Å²) in [6.45, 7) is 6.50. The van der Waals surface area contributed by atoms with Crippen molar-refractivity contribution in [1.29, 1.82) is 0 Å². The molecule has 0 aliphatic carbocycles. The Bertz CT molecular complexity index is 922. The normalized spacial score (nSPS) is 20.2. The molecule has 7 nitrogen and oxygen atoms in total. The van der Waals surface area contributed by atoms with E-state index in [0.29, 0.717) is 31.4 Å². The third-order valence-corrected chi connectivity index (χ3v) is 6.49. The average Bonchev–Trinajstić information content (AvgIpc) is 3.38. The van der Waals surface area contributed by atoms with Gasteiger partial charge in [0.25, 0.3) is 5.91 Å². The lowest BCUT2D eigenvalue weighted by molar-refractivity contribution is -0.134. The molecule has 0 saturated carbocycles. The van der Waals surface area contributed by atoms with Crippen LogP contribution >= 0.6 is 0 Å². The zero-order valence-corrected chi connectivity index (χ0v) is 17.5. The van der Waals surface area contributed by atoms with Gasteiger partial charge in [-0.2, -0.15) is 0 Å². The summed E-state index contributed by atoms with van der Waals surface area (Å²) < 4.78 is 14.9. The van der Waals surface area contributed by atoms with Crippen LogP contribution in [-0.2, 0) is 17.9 Å². The zero-order chi connectivity index (χ0) is 21.3. The van der Waals surface area contributed by atoms with E-state index in [9.17, 15) is 14.0 Å². The van der Waals surface area contributed by atoms with Crippen molar-refractivity contribution in [3.8, 4) is 0 Å². The fraction of sp³-hybridized carbons (Fsp3) is 0.545. The number of halogens is 1. The second-order valence-electron chi connectivity index (χ2n) is 8.25. The first-order valence-electron chi connectivity index (χ1n) is 10.8. The van der Waals surface area contributed by atoms with Gasteiger partial charge in [0, 0.05) is 38.0 Å². The Balaban J connectivity index is 1.44. The van der Waals surface area contributed by atoms with E-state index in [4.69, 9.17) is 0 Å². The van der Waals surface area contributed by atoms with Crippen LogP contribution in [0.15, 0.2) is 24.3 Å². The second kappa shape index (κ2) is 8.53. The Morgan fingerprint density at radius 3 is 2.60 bits per heavy atom. The van der Waals surface area contributed by atoms with Gasteiger partial charge in [0.15, 0.2) is 0 Å². The lowest BCUT2D eigenvalue weighted by Crippen LogP contribution is -2.34. The van der Waals surface area contributed by atoms with Gasteiger partial charge in [-0.15, -0.1) is 10.2 Å². The number of carbonyl (C=O) groups excluding carboxylic acids is 2. The average molecular weight is 413 g/mol. The van der Waals surface area contributed by atoms with Crippen LogP contribution in [0.1, 0.15) is 61.0 Å². The zero-order valence-electron chi connectivity index (χ0n) is 17.5. The van der Waals surface area contributed by atoms with Gasteiger partial charge in [-0.3, -0.25) is 9.59 Å². The Kier molecular flexibility index (Phi) is 5.83. The van der Waals surface area contributed by atoms with Gasteiger partial charge in [0.05, 0.1) is 0 Å². The molecule has 1 aromatic heterocycles. The lowest BCUT2D eigenvalue weighted by Gasteiger charge is -2.24. The number of benzene rings is 1. The number of likely N-dealkylation sites (tertiary alicyclic amines) is 1. The van der Waals surface area contributed by atoms with E-state index in [1.807, 2.05) is 9.47 Å².